The molecule has 2 aromatic carbocycles. The minimum Gasteiger partial charge on any atom is -0.493 e. The van der Waals surface area contributed by atoms with E-state index in [2.05, 4.69) is 5.32 Å². The lowest BCUT2D eigenvalue weighted by Crippen LogP contribution is -2.12. The molecule has 0 aliphatic carbocycles. The number of aliphatic hydroxyl groups excluding tert-OH is 1. The summed E-state index contributed by atoms with van der Waals surface area (Å²) >= 11 is 5.90. The second-order valence-electron chi connectivity index (χ2n) is 4.89. The van der Waals surface area contributed by atoms with Gasteiger partial charge in [-0.25, -0.2) is 0 Å². The number of hydrogen-bond donors (Lipinski definition) is 2. The van der Waals surface area contributed by atoms with Crippen LogP contribution in [-0.4, -0.2) is 26.4 Å². The molecule has 0 bridgehead atoms. The SMILES string of the molecule is CNCc1cc(OC)c(OC)cc1[C@H](O)c1ccc(Cl)cc1. The Morgan fingerprint density at radius 2 is 1.68 bits per heavy atom. The zero-order valence-electron chi connectivity index (χ0n) is 12.9. The second-order valence-corrected chi connectivity index (χ2v) is 5.33. The van der Waals surface area contributed by atoms with E-state index in [-0.39, 0.29) is 0 Å². The zero-order chi connectivity index (χ0) is 16.1. The van der Waals surface area contributed by atoms with E-state index in [1.807, 2.05) is 31.3 Å². The van der Waals surface area contributed by atoms with E-state index in [1.54, 1.807) is 26.4 Å². The molecule has 0 heterocycles. The molecule has 0 radical (unpaired) electrons. The molecule has 118 valence electrons. The van der Waals surface area contributed by atoms with Crippen LogP contribution in [0.25, 0.3) is 0 Å². The maximum atomic E-state index is 10.7. The third-order valence-corrected chi connectivity index (χ3v) is 3.74. The number of rotatable bonds is 6. The molecular formula is C17H20ClNO3. The molecule has 0 aliphatic rings. The van der Waals surface area contributed by atoms with Crippen LogP contribution in [0.2, 0.25) is 5.02 Å². The molecule has 0 fully saturated rings. The van der Waals surface area contributed by atoms with Crippen LogP contribution in [0.15, 0.2) is 36.4 Å². The smallest absolute Gasteiger partial charge is 0.161 e. The third kappa shape index (κ3) is 3.53. The van der Waals surface area contributed by atoms with Gasteiger partial charge in [0.2, 0.25) is 0 Å². The van der Waals surface area contributed by atoms with Gasteiger partial charge in [0.15, 0.2) is 11.5 Å². The van der Waals surface area contributed by atoms with Gasteiger partial charge in [-0.1, -0.05) is 23.7 Å². The van der Waals surface area contributed by atoms with Crippen LogP contribution in [0.5, 0.6) is 11.5 Å². The number of methoxy groups -OCH3 is 2. The number of aliphatic hydroxyl groups is 1. The van der Waals surface area contributed by atoms with Gasteiger partial charge in [0, 0.05) is 11.6 Å². The third-order valence-electron chi connectivity index (χ3n) is 3.49. The Balaban J connectivity index is 2.48. The Labute approximate surface area is 135 Å². The quantitative estimate of drug-likeness (QED) is 0.858. The first-order valence-corrected chi connectivity index (χ1v) is 7.31. The van der Waals surface area contributed by atoms with Crippen molar-refractivity contribution in [3.8, 4) is 11.5 Å². The highest BCUT2D eigenvalue weighted by atomic mass is 35.5. The van der Waals surface area contributed by atoms with E-state index in [0.29, 0.717) is 23.1 Å². The number of ether oxygens (including phenoxy) is 2. The molecule has 5 heteroatoms. The molecule has 0 spiro atoms. The lowest BCUT2D eigenvalue weighted by molar-refractivity contribution is 0.218. The van der Waals surface area contributed by atoms with Crippen molar-refractivity contribution in [2.75, 3.05) is 21.3 Å². The highest BCUT2D eigenvalue weighted by Gasteiger charge is 2.18. The summed E-state index contributed by atoms with van der Waals surface area (Å²) in [5, 5.41) is 14.4. The molecule has 0 saturated carbocycles. The van der Waals surface area contributed by atoms with Crippen molar-refractivity contribution < 1.29 is 14.6 Å². The Morgan fingerprint density at radius 1 is 1.09 bits per heavy atom. The summed E-state index contributed by atoms with van der Waals surface area (Å²) in [5.41, 5.74) is 2.49. The average Bonchev–Trinajstić information content (AvgIpc) is 2.54. The summed E-state index contributed by atoms with van der Waals surface area (Å²) in [5.74, 6) is 1.23. The van der Waals surface area contributed by atoms with Crippen molar-refractivity contribution in [3.63, 3.8) is 0 Å². The fraction of sp³-hybridized carbons (Fsp3) is 0.294. The molecule has 1 atom stereocenters. The van der Waals surface area contributed by atoms with Gasteiger partial charge in [-0.15, -0.1) is 0 Å². The fourth-order valence-corrected chi connectivity index (χ4v) is 2.49. The maximum Gasteiger partial charge on any atom is 0.161 e. The van der Waals surface area contributed by atoms with E-state index in [9.17, 15) is 5.11 Å². The summed E-state index contributed by atoms with van der Waals surface area (Å²) in [7, 11) is 5.03. The zero-order valence-corrected chi connectivity index (χ0v) is 13.6. The van der Waals surface area contributed by atoms with Crippen LogP contribution in [0.1, 0.15) is 22.8 Å². The van der Waals surface area contributed by atoms with Crippen LogP contribution in [0, 0.1) is 0 Å². The fourth-order valence-electron chi connectivity index (χ4n) is 2.36. The maximum absolute atomic E-state index is 10.7. The number of nitrogens with one attached hydrogen (secondary N) is 1. The molecule has 4 nitrogen and oxygen atoms in total. The van der Waals surface area contributed by atoms with Gasteiger partial charge in [0.1, 0.15) is 6.10 Å². The molecule has 0 unspecified atom stereocenters. The first-order chi connectivity index (χ1) is 10.6. The lowest BCUT2D eigenvalue weighted by atomic mass is 9.96. The van der Waals surface area contributed by atoms with Gasteiger partial charge in [-0.3, -0.25) is 0 Å². The standard InChI is InChI=1S/C17H20ClNO3/c1-19-10-12-8-15(21-2)16(22-3)9-14(12)17(20)11-4-6-13(18)7-5-11/h4-9,17,19-20H,10H2,1-3H3/t17-/m1/s1. The molecule has 0 aliphatic heterocycles. The molecule has 2 aromatic rings. The van der Waals surface area contributed by atoms with Crippen LogP contribution in [-0.2, 0) is 6.54 Å². The van der Waals surface area contributed by atoms with Crippen molar-refractivity contribution >= 4 is 11.6 Å². The first kappa shape index (κ1) is 16.6. The van der Waals surface area contributed by atoms with Crippen molar-refractivity contribution in [2.24, 2.45) is 0 Å². The molecule has 2 N–H and O–H groups in total. The van der Waals surface area contributed by atoms with Gasteiger partial charge in [0.25, 0.3) is 0 Å². The summed E-state index contributed by atoms with van der Waals surface area (Å²) < 4.78 is 10.7. The number of halogens is 1. The molecule has 22 heavy (non-hydrogen) atoms. The minimum absolute atomic E-state index is 0.588. The summed E-state index contributed by atoms with van der Waals surface area (Å²) in [6.45, 7) is 0.611. The van der Waals surface area contributed by atoms with Gasteiger partial charge >= 0.3 is 0 Å². The van der Waals surface area contributed by atoms with Crippen molar-refractivity contribution in [1.82, 2.24) is 5.32 Å². The molecule has 0 aromatic heterocycles. The summed E-state index contributed by atoms with van der Waals surface area (Å²) in [6, 6.07) is 10.8. The first-order valence-electron chi connectivity index (χ1n) is 6.93. The summed E-state index contributed by atoms with van der Waals surface area (Å²) in [4.78, 5) is 0. The van der Waals surface area contributed by atoms with Crippen LogP contribution < -0.4 is 14.8 Å². The second kappa shape index (κ2) is 7.49. The molecule has 0 saturated heterocycles. The van der Waals surface area contributed by atoms with Gasteiger partial charge in [-0.05, 0) is 48.0 Å². The molecule has 0 amide bonds. The topological polar surface area (TPSA) is 50.7 Å². The highest BCUT2D eigenvalue weighted by Crippen LogP contribution is 2.35. The van der Waals surface area contributed by atoms with Gasteiger partial charge in [-0.2, -0.15) is 0 Å². The Bertz CT molecular complexity index is 629. The lowest BCUT2D eigenvalue weighted by Gasteiger charge is -2.19. The van der Waals surface area contributed by atoms with Crippen LogP contribution in [0.4, 0.5) is 0 Å². The molecular weight excluding hydrogens is 302 g/mol. The Hall–Kier alpha value is -1.75. The van der Waals surface area contributed by atoms with Crippen molar-refractivity contribution in [1.29, 1.82) is 0 Å². The Morgan fingerprint density at radius 3 is 2.23 bits per heavy atom. The highest BCUT2D eigenvalue weighted by molar-refractivity contribution is 6.30. The van der Waals surface area contributed by atoms with Crippen molar-refractivity contribution in [3.05, 3.63) is 58.1 Å². The van der Waals surface area contributed by atoms with Gasteiger partial charge in [0.05, 0.1) is 14.2 Å². The van der Waals surface area contributed by atoms with E-state index < -0.39 is 6.10 Å². The number of hydrogen-bond acceptors (Lipinski definition) is 4. The predicted octanol–water partition coefficient (Wildman–Crippen LogP) is 3.16. The normalized spacial score (nSPS) is 12.0. The van der Waals surface area contributed by atoms with Crippen LogP contribution >= 0.6 is 11.6 Å². The van der Waals surface area contributed by atoms with Crippen molar-refractivity contribution in [2.45, 2.75) is 12.6 Å². The largest absolute Gasteiger partial charge is 0.493 e. The van der Waals surface area contributed by atoms with E-state index in [4.69, 9.17) is 21.1 Å². The monoisotopic (exact) mass is 321 g/mol. The van der Waals surface area contributed by atoms with E-state index in [0.717, 1.165) is 16.7 Å². The number of benzene rings is 2. The minimum atomic E-state index is -0.763. The van der Waals surface area contributed by atoms with Crippen LogP contribution in [0.3, 0.4) is 0 Å². The predicted molar refractivity (Wildman–Crippen MR) is 87.8 cm³/mol. The van der Waals surface area contributed by atoms with E-state index >= 15 is 0 Å². The van der Waals surface area contributed by atoms with E-state index in [1.165, 1.54) is 0 Å². The average molecular weight is 322 g/mol. The summed E-state index contributed by atoms with van der Waals surface area (Å²) in [6.07, 6.45) is -0.763. The van der Waals surface area contributed by atoms with Gasteiger partial charge < -0.3 is 19.9 Å². The molecule has 2 rings (SSSR count). The Kier molecular flexibility index (Phi) is 5.66.